The Balaban J connectivity index is 2.07. The molecule has 1 amide bonds. The number of likely N-dealkylation sites (tertiary alicyclic amines) is 1. The van der Waals surface area contributed by atoms with Crippen LogP contribution in [0.2, 0.25) is 0 Å². The summed E-state index contributed by atoms with van der Waals surface area (Å²) in [6.07, 6.45) is 6.31. The van der Waals surface area contributed by atoms with Gasteiger partial charge in [-0.05, 0) is 37.1 Å². The Morgan fingerprint density at radius 1 is 1.41 bits per heavy atom. The van der Waals surface area contributed by atoms with E-state index in [9.17, 15) is 4.79 Å². The van der Waals surface area contributed by atoms with Crippen LogP contribution in [0.3, 0.4) is 0 Å². The molecule has 0 spiro atoms. The van der Waals surface area contributed by atoms with Crippen molar-refractivity contribution in [3.8, 4) is 0 Å². The Labute approximate surface area is 170 Å². The molecule has 0 aliphatic carbocycles. The molecule has 1 aromatic carbocycles. The lowest BCUT2D eigenvalue weighted by Gasteiger charge is -2.35. The molecule has 1 aliphatic rings. The van der Waals surface area contributed by atoms with Crippen LogP contribution in [0.5, 0.6) is 0 Å². The molecule has 6 heteroatoms. The van der Waals surface area contributed by atoms with Crippen molar-refractivity contribution in [3.05, 3.63) is 58.9 Å². The summed E-state index contributed by atoms with van der Waals surface area (Å²) in [6.45, 7) is 8.76. The molecule has 2 N–H and O–H groups in total. The molecule has 1 fully saturated rings. The molecule has 1 aliphatic heterocycles. The maximum atomic E-state index is 13.2. The van der Waals surface area contributed by atoms with Crippen LogP contribution >= 0.6 is 15.9 Å². The normalized spacial score (nSPS) is 15.7. The second-order valence-electron chi connectivity index (χ2n) is 6.64. The van der Waals surface area contributed by atoms with Gasteiger partial charge in [0.05, 0.1) is 6.61 Å². The van der Waals surface area contributed by atoms with Gasteiger partial charge in [0.15, 0.2) is 0 Å². The number of amides is 1. The molecule has 0 saturated carbocycles. The summed E-state index contributed by atoms with van der Waals surface area (Å²) < 4.78 is 1.02. The number of rotatable bonds is 9. The van der Waals surface area contributed by atoms with E-state index in [0.29, 0.717) is 24.8 Å². The molecule has 27 heavy (non-hydrogen) atoms. The van der Waals surface area contributed by atoms with Crippen molar-refractivity contribution in [2.75, 3.05) is 26.2 Å². The summed E-state index contributed by atoms with van der Waals surface area (Å²) in [6, 6.07) is 8.40. The number of halogens is 1. The zero-order chi connectivity index (χ0) is 19.6. The fourth-order valence-electron chi connectivity index (χ4n) is 3.30. The van der Waals surface area contributed by atoms with Crippen molar-refractivity contribution in [1.82, 2.24) is 15.1 Å². The molecule has 2 rings (SSSR count). The summed E-state index contributed by atoms with van der Waals surface area (Å²) in [5.74, 6) is 0.0596. The SMILES string of the molecule is C=CN(Cc1ccccc1Br)/C(=C\CC)C(=O)N1CCC(NCCO)CC1. The number of hydrogen-bond acceptors (Lipinski definition) is 4. The first-order valence-electron chi connectivity index (χ1n) is 9.57. The van der Waals surface area contributed by atoms with Crippen molar-refractivity contribution >= 4 is 21.8 Å². The summed E-state index contributed by atoms with van der Waals surface area (Å²) in [5, 5.41) is 12.3. The van der Waals surface area contributed by atoms with Crippen molar-refractivity contribution in [2.24, 2.45) is 0 Å². The second-order valence-corrected chi connectivity index (χ2v) is 7.50. The van der Waals surface area contributed by atoms with E-state index in [1.54, 1.807) is 6.20 Å². The highest BCUT2D eigenvalue weighted by Gasteiger charge is 2.26. The first kappa shape index (κ1) is 21.7. The molecule has 0 bridgehead atoms. The summed E-state index contributed by atoms with van der Waals surface area (Å²) in [4.78, 5) is 17.0. The van der Waals surface area contributed by atoms with Gasteiger partial charge in [-0.15, -0.1) is 0 Å². The molecule has 0 radical (unpaired) electrons. The van der Waals surface area contributed by atoms with E-state index >= 15 is 0 Å². The molecule has 0 unspecified atom stereocenters. The lowest BCUT2D eigenvalue weighted by molar-refractivity contribution is -0.129. The predicted molar refractivity (Wildman–Crippen MR) is 113 cm³/mol. The van der Waals surface area contributed by atoms with Gasteiger partial charge in [-0.25, -0.2) is 0 Å². The highest BCUT2D eigenvalue weighted by molar-refractivity contribution is 9.10. The lowest BCUT2D eigenvalue weighted by atomic mass is 10.0. The number of benzene rings is 1. The van der Waals surface area contributed by atoms with Gasteiger partial charge in [0.1, 0.15) is 5.70 Å². The van der Waals surface area contributed by atoms with Crippen LogP contribution < -0.4 is 5.32 Å². The standard InChI is InChI=1S/C21H30BrN3O2/c1-3-7-20(24(4-2)16-17-8-5-6-9-19(17)22)21(27)25-13-10-18(11-14-25)23-12-15-26/h4-9,18,23,26H,2-3,10-16H2,1H3/b20-7-. The Morgan fingerprint density at radius 3 is 2.70 bits per heavy atom. The predicted octanol–water partition coefficient (Wildman–Crippen LogP) is 3.26. The number of carbonyl (C=O) groups is 1. The molecule has 1 heterocycles. The zero-order valence-corrected chi connectivity index (χ0v) is 17.6. The molecule has 1 saturated heterocycles. The van der Waals surface area contributed by atoms with E-state index in [1.165, 1.54) is 0 Å². The number of aliphatic hydroxyl groups is 1. The fraction of sp³-hybridized carbons (Fsp3) is 0.476. The monoisotopic (exact) mass is 435 g/mol. The van der Waals surface area contributed by atoms with Gasteiger partial charge in [0.2, 0.25) is 0 Å². The number of allylic oxidation sites excluding steroid dienone is 1. The van der Waals surface area contributed by atoms with Crippen LogP contribution in [0.1, 0.15) is 31.7 Å². The highest BCUT2D eigenvalue weighted by atomic mass is 79.9. The summed E-state index contributed by atoms with van der Waals surface area (Å²) >= 11 is 3.58. The smallest absolute Gasteiger partial charge is 0.270 e. The maximum Gasteiger partial charge on any atom is 0.270 e. The molecule has 0 atom stereocenters. The van der Waals surface area contributed by atoms with Gasteiger partial charge in [-0.3, -0.25) is 4.79 Å². The first-order chi connectivity index (χ1) is 13.1. The Morgan fingerprint density at radius 2 is 2.11 bits per heavy atom. The van der Waals surface area contributed by atoms with Gasteiger partial charge < -0.3 is 20.2 Å². The van der Waals surface area contributed by atoms with Gasteiger partial charge in [0.25, 0.3) is 5.91 Å². The van der Waals surface area contributed by atoms with Crippen LogP contribution in [0.4, 0.5) is 0 Å². The number of piperidine rings is 1. The van der Waals surface area contributed by atoms with E-state index < -0.39 is 0 Å². The Hall–Kier alpha value is -1.63. The molecular formula is C21H30BrN3O2. The Kier molecular flexibility index (Phi) is 9.04. The van der Waals surface area contributed by atoms with Gasteiger partial charge in [-0.2, -0.15) is 0 Å². The number of hydrogen-bond donors (Lipinski definition) is 2. The van der Waals surface area contributed by atoms with E-state index in [0.717, 1.165) is 42.4 Å². The minimum absolute atomic E-state index is 0.0596. The van der Waals surface area contributed by atoms with E-state index in [4.69, 9.17) is 5.11 Å². The minimum atomic E-state index is 0.0596. The Bertz CT molecular complexity index is 655. The number of carbonyl (C=O) groups excluding carboxylic acids is 1. The van der Waals surface area contributed by atoms with Crippen molar-refractivity contribution in [1.29, 1.82) is 0 Å². The quantitative estimate of drug-likeness (QED) is 0.584. The minimum Gasteiger partial charge on any atom is -0.395 e. The van der Waals surface area contributed by atoms with Crippen molar-refractivity contribution in [2.45, 2.75) is 38.8 Å². The van der Waals surface area contributed by atoms with E-state index in [-0.39, 0.29) is 12.5 Å². The molecule has 148 valence electrons. The van der Waals surface area contributed by atoms with Gasteiger partial charge in [0, 0.05) is 36.7 Å². The number of nitrogens with one attached hydrogen (secondary N) is 1. The molecule has 5 nitrogen and oxygen atoms in total. The summed E-state index contributed by atoms with van der Waals surface area (Å²) in [7, 11) is 0. The van der Waals surface area contributed by atoms with Crippen LogP contribution in [0.25, 0.3) is 0 Å². The molecular weight excluding hydrogens is 406 g/mol. The van der Waals surface area contributed by atoms with E-state index in [1.807, 2.05) is 47.1 Å². The van der Waals surface area contributed by atoms with Crippen LogP contribution in [0, 0.1) is 0 Å². The van der Waals surface area contributed by atoms with Crippen LogP contribution in [-0.2, 0) is 11.3 Å². The molecule has 1 aromatic rings. The zero-order valence-electron chi connectivity index (χ0n) is 16.0. The lowest BCUT2D eigenvalue weighted by Crippen LogP contribution is -2.47. The second kappa shape index (κ2) is 11.3. The van der Waals surface area contributed by atoms with Crippen LogP contribution in [-0.4, -0.2) is 53.1 Å². The first-order valence-corrected chi connectivity index (χ1v) is 10.4. The van der Waals surface area contributed by atoms with Gasteiger partial charge in [-0.1, -0.05) is 53.7 Å². The highest BCUT2D eigenvalue weighted by Crippen LogP contribution is 2.22. The third-order valence-corrected chi connectivity index (χ3v) is 5.55. The average molecular weight is 436 g/mol. The molecule has 0 aromatic heterocycles. The van der Waals surface area contributed by atoms with Crippen molar-refractivity contribution < 1.29 is 9.90 Å². The maximum absolute atomic E-state index is 13.2. The average Bonchev–Trinajstić information content (AvgIpc) is 2.70. The van der Waals surface area contributed by atoms with Crippen LogP contribution in [0.15, 0.2) is 53.3 Å². The van der Waals surface area contributed by atoms with E-state index in [2.05, 4.69) is 27.8 Å². The third-order valence-electron chi connectivity index (χ3n) is 4.77. The summed E-state index contributed by atoms with van der Waals surface area (Å²) in [5.41, 5.74) is 1.80. The number of nitrogens with zero attached hydrogens (tertiary/aromatic N) is 2. The number of aliphatic hydroxyl groups excluding tert-OH is 1. The van der Waals surface area contributed by atoms with Crippen molar-refractivity contribution in [3.63, 3.8) is 0 Å². The third kappa shape index (κ3) is 6.19. The largest absolute Gasteiger partial charge is 0.395 e. The topological polar surface area (TPSA) is 55.8 Å². The van der Waals surface area contributed by atoms with Gasteiger partial charge >= 0.3 is 0 Å². The fourth-order valence-corrected chi connectivity index (χ4v) is 3.71.